The molecule has 0 unspecified atom stereocenters. The number of amides is 3. The maximum Gasteiger partial charge on any atom is 0.419 e. The lowest BCUT2D eigenvalue weighted by Gasteiger charge is -2.13. The second-order valence-corrected chi connectivity index (χ2v) is 11.3. The van der Waals surface area contributed by atoms with Crippen LogP contribution < -0.4 is 16.0 Å². The van der Waals surface area contributed by atoms with E-state index in [1.54, 1.807) is 68.0 Å². The highest BCUT2D eigenvalue weighted by Crippen LogP contribution is 2.32. The number of halogens is 5. The van der Waals surface area contributed by atoms with Crippen LogP contribution >= 0.6 is 11.6 Å². The Balaban J connectivity index is 1.55. The van der Waals surface area contributed by atoms with E-state index in [4.69, 9.17) is 16.3 Å². The van der Waals surface area contributed by atoms with Crippen LogP contribution in [0.15, 0.2) is 60.7 Å². The summed E-state index contributed by atoms with van der Waals surface area (Å²) in [6.07, 6.45) is -4.30. The van der Waals surface area contributed by atoms with E-state index < -0.39 is 29.4 Å². The number of benzene rings is 3. The molecule has 0 aliphatic heterocycles. The van der Waals surface area contributed by atoms with Crippen molar-refractivity contribution < 1.29 is 36.7 Å². The van der Waals surface area contributed by atoms with Gasteiger partial charge in [-0.05, 0) is 66.1 Å². The van der Waals surface area contributed by atoms with E-state index in [0.29, 0.717) is 47.8 Å². The Morgan fingerprint density at radius 2 is 1.61 bits per heavy atom. The van der Waals surface area contributed by atoms with Gasteiger partial charge in [0.15, 0.2) is 0 Å². The summed E-state index contributed by atoms with van der Waals surface area (Å²) < 4.78 is 60.1. The summed E-state index contributed by atoms with van der Waals surface area (Å²) in [6.45, 7) is 4.35. The molecule has 244 valence electrons. The molecule has 46 heavy (non-hydrogen) atoms. The predicted molar refractivity (Wildman–Crippen MR) is 167 cm³/mol. The summed E-state index contributed by atoms with van der Waals surface area (Å²) in [6, 6.07) is 14.2. The Hall–Kier alpha value is -4.42. The van der Waals surface area contributed by atoms with Crippen LogP contribution in [0.5, 0.6) is 0 Å². The zero-order valence-corrected chi connectivity index (χ0v) is 26.1. The molecule has 0 aliphatic rings. The molecule has 3 aromatic carbocycles. The van der Waals surface area contributed by atoms with Gasteiger partial charge >= 0.3 is 6.18 Å². The largest absolute Gasteiger partial charge is 0.419 e. The minimum Gasteiger partial charge on any atom is -0.385 e. The highest BCUT2D eigenvalue weighted by Gasteiger charge is 2.34. The molecule has 13 heteroatoms. The van der Waals surface area contributed by atoms with Gasteiger partial charge in [0, 0.05) is 55.9 Å². The van der Waals surface area contributed by atoms with E-state index in [1.165, 1.54) is 6.07 Å². The molecular weight excluding hydrogens is 628 g/mol. The molecule has 1 heterocycles. The molecule has 0 saturated heterocycles. The van der Waals surface area contributed by atoms with E-state index in [-0.39, 0.29) is 46.8 Å². The van der Waals surface area contributed by atoms with Gasteiger partial charge in [-0.15, -0.1) is 0 Å². The average Bonchev–Trinajstić information content (AvgIpc) is 3.37. The number of nitrogens with zero attached hydrogens (tertiary/aromatic N) is 1. The van der Waals surface area contributed by atoms with E-state index in [9.17, 15) is 31.9 Å². The number of anilines is 1. The van der Waals surface area contributed by atoms with Crippen LogP contribution in [-0.4, -0.2) is 36.0 Å². The quantitative estimate of drug-likeness (QED) is 0.113. The lowest BCUT2D eigenvalue weighted by molar-refractivity contribution is -0.140. The number of nitrogens with one attached hydrogen (secondary N) is 3. The lowest BCUT2D eigenvalue weighted by Crippen LogP contribution is -2.27. The number of fused-ring (bicyclic) bond motifs is 1. The minimum atomic E-state index is -4.87. The molecule has 8 nitrogen and oxygen atoms in total. The lowest BCUT2D eigenvalue weighted by atomic mass is 10.1. The highest BCUT2D eigenvalue weighted by atomic mass is 35.5. The third-order valence-corrected chi connectivity index (χ3v) is 7.51. The molecule has 1 aromatic heterocycles. The van der Waals surface area contributed by atoms with Crippen molar-refractivity contribution in [2.75, 3.05) is 19.0 Å². The Morgan fingerprint density at radius 1 is 0.913 bits per heavy atom. The molecular formula is C33H33ClF4N4O4. The van der Waals surface area contributed by atoms with Crippen LogP contribution in [0, 0.1) is 11.7 Å². The molecule has 4 aromatic rings. The first-order valence-corrected chi connectivity index (χ1v) is 14.8. The van der Waals surface area contributed by atoms with Gasteiger partial charge in [-0.2, -0.15) is 13.2 Å². The number of hydrogen-bond donors (Lipinski definition) is 3. The van der Waals surface area contributed by atoms with Crippen molar-refractivity contribution in [3.8, 4) is 0 Å². The molecule has 0 saturated carbocycles. The van der Waals surface area contributed by atoms with Crippen molar-refractivity contribution in [2.24, 2.45) is 5.92 Å². The molecule has 0 bridgehead atoms. The average molecular weight is 661 g/mol. The molecule has 0 radical (unpaired) electrons. The SMILES string of the molecule is COCCCn1c(C(=O)NCc2ccc(F)c(C(F)(F)F)c2)cc2cc(NC(=O)c3cc(CNC(=O)C(C)C)ccc3Cl)ccc21. The van der Waals surface area contributed by atoms with Gasteiger partial charge in [0.05, 0.1) is 16.1 Å². The monoisotopic (exact) mass is 660 g/mol. The number of hydrogen-bond acceptors (Lipinski definition) is 4. The van der Waals surface area contributed by atoms with Gasteiger partial charge in [-0.3, -0.25) is 14.4 Å². The molecule has 0 fully saturated rings. The van der Waals surface area contributed by atoms with Gasteiger partial charge < -0.3 is 25.3 Å². The molecule has 3 N–H and O–H groups in total. The topological polar surface area (TPSA) is 101 Å². The first-order valence-electron chi connectivity index (χ1n) is 14.4. The fourth-order valence-corrected chi connectivity index (χ4v) is 4.97. The van der Waals surface area contributed by atoms with Crippen molar-refractivity contribution in [3.05, 3.63) is 99.5 Å². The second-order valence-electron chi connectivity index (χ2n) is 10.9. The van der Waals surface area contributed by atoms with E-state index in [2.05, 4.69) is 16.0 Å². The zero-order valence-electron chi connectivity index (χ0n) is 25.4. The van der Waals surface area contributed by atoms with Crippen molar-refractivity contribution >= 4 is 45.9 Å². The maximum atomic E-state index is 13.7. The van der Waals surface area contributed by atoms with Crippen molar-refractivity contribution in [1.29, 1.82) is 0 Å². The smallest absolute Gasteiger partial charge is 0.385 e. The van der Waals surface area contributed by atoms with Crippen LogP contribution in [-0.2, 0) is 35.3 Å². The van der Waals surface area contributed by atoms with Crippen molar-refractivity contribution in [2.45, 2.75) is 46.1 Å². The van der Waals surface area contributed by atoms with Gasteiger partial charge in [0.25, 0.3) is 11.8 Å². The van der Waals surface area contributed by atoms with Crippen LogP contribution in [0.2, 0.25) is 5.02 Å². The Morgan fingerprint density at radius 3 is 2.30 bits per heavy atom. The Kier molecular flexibility index (Phi) is 11.1. The summed E-state index contributed by atoms with van der Waals surface area (Å²) in [5.74, 6) is -2.73. The van der Waals surface area contributed by atoms with E-state index in [1.807, 2.05) is 0 Å². The fraction of sp³-hybridized carbons (Fsp3) is 0.303. The van der Waals surface area contributed by atoms with Crippen molar-refractivity contribution in [3.63, 3.8) is 0 Å². The summed E-state index contributed by atoms with van der Waals surface area (Å²) in [7, 11) is 1.55. The third-order valence-electron chi connectivity index (χ3n) is 7.18. The van der Waals surface area contributed by atoms with Gasteiger partial charge in [0.1, 0.15) is 11.5 Å². The standard InChI is InChI=1S/C33H33ClF4N4O4/c1-19(2)30(43)39-17-20-5-8-26(34)24(13-20)31(44)41-23-7-10-28-22(15-23)16-29(42(28)11-4-12-46-3)32(45)40-18-21-6-9-27(35)25(14-21)33(36,37)38/h5-10,13-16,19H,4,11-12,17-18H2,1-3H3,(H,39,43)(H,40,45)(H,41,44). The maximum absolute atomic E-state index is 13.7. The molecule has 3 amide bonds. The highest BCUT2D eigenvalue weighted by molar-refractivity contribution is 6.34. The zero-order chi connectivity index (χ0) is 33.6. The number of alkyl halides is 3. The first-order chi connectivity index (χ1) is 21.8. The summed E-state index contributed by atoms with van der Waals surface area (Å²) in [5, 5.41) is 9.08. The summed E-state index contributed by atoms with van der Waals surface area (Å²) in [5.41, 5.74) is 0.933. The third kappa shape index (κ3) is 8.43. The van der Waals surface area contributed by atoms with Gasteiger partial charge in [-0.1, -0.05) is 37.6 Å². The van der Waals surface area contributed by atoms with Crippen LogP contribution in [0.3, 0.4) is 0 Å². The molecule has 0 aliphatic carbocycles. The number of carbonyl (C=O) groups is 3. The number of carbonyl (C=O) groups excluding carboxylic acids is 3. The summed E-state index contributed by atoms with van der Waals surface area (Å²) in [4.78, 5) is 38.4. The van der Waals surface area contributed by atoms with E-state index in [0.717, 1.165) is 6.07 Å². The normalized spacial score (nSPS) is 11.6. The number of methoxy groups -OCH3 is 1. The van der Waals surface area contributed by atoms with Crippen LogP contribution in [0.4, 0.5) is 23.2 Å². The van der Waals surface area contributed by atoms with Gasteiger partial charge in [0.2, 0.25) is 5.91 Å². The molecule has 0 atom stereocenters. The fourth-order valence-electron chi connectivity index (χ4n) is 4.77. The van der Waals surface area contributed by atoms with E-state index >= 15 is 0 Å². The first kappa shape index (κ1) is 34.5. The number of rotatable bonds is 12. The molecule has 4 rings (SSSR count). The number of aryl methyl sites for hydroxylation is 1. The van der Waals surface area contributed by atoms with Crippen molar-refractivity contribution in [1.82, 2.24) is 15.2 Å². The Bertz CT molecular complexity index is 1750. The Labute approximate surface area is 268 Å². The number of ether oxygens (including phenoxy) is 1. The molecule has 0 spiro atoms. The van der Waals surface area contributed by atoms with Crippen LogP contribution in [0.1, 0.15) is 57.8 Å². The number of aromatic nitrogens is 1. The van der Waals surface area contributed by atoms with Crippen LogP contribution in [0.25, 0.3) is 10.9 Å². The second kappa shape index (κ2) is 14.8. The predicted octanol–water partition coefficient (Wildman–Crippen LogP) is 6.94. The summed E-state index contributed by atoms with van der Waals surface area (Å²) >= 11 is 6.32. The van der Waals surface area contributed by atoms with Gasteiger partial charge in [-0.25, -0.2) is 4.39 Å². The minimum absolute atomic E-state index is 0.0825.